The Hall–Kier alpha value is -1.05. The summed E-state index contributed by atoms with van der Waals surface area (Å²) in [6.07, 6.45) is 1.66. The van der Waals surface area contributed by atoms with Crippen molar-refractivity contribution < 1.29 is 9.15 Å². The Bertz CT molecular complexity index is 445. The highest BCUT2D eigenvalue weighted by atomic mass is 32.2. The molecule has 2 heterocycles. The lowest BCUT2D eigenvalue weighted by Crippen LogP contribution is -1.96. The zero-order valence-corrected chi connectivity index (χ0v) is 11.7. The normalized spacial score (nSPS) is 10.7. The molecule has 0 saturated heterocycles. The molecule has 2 aromatic heterocycles. The van der Waals surface area contributed by atoms with Crippen molar-refractivity contribution in [3.63, 3.8) is 0 Å². The lowest BCUT2D eigenvalue weighted by molar-refractivity contribution is 0.164. The van der Waals surface area contributed by atoms with Crippen molar-refractivity contribution in [1.29, 1.82) is 0 Å². The predicted octanol–water partition coefficient (Wildman–Crippen LogP) is 2.87. The van der Waals surface area contributed by atoms with Gasteiger partial charge in [-0.1, -0.05) is 23.1 Å². The molecule has 7 heteroatoms. The molecule has 0 saturated carbocycles. The molecule has 98 valence electrons. The molecule has 0 aliphatic heterocycles. The maximum atomic E-state index is 5.27. The second-order valence-electron chi connectivity index (χ2n) is 3.35. The van der Waals surface area contributed by atoms with Crippen molar-refractivity contribution >= 4 is 28.2 Å². The van der Waals surface area contributed by atoms with Crippen LogP contribution in [0.5, 0.6) is 0 Å². The first-order chi connectivity index (χ1) is 8.88. The van der Waals surface area contributed by atoms with Crippen LogP contribution in [0.4, 0.5) is 5.13 Å². The van der Waals surface area contributed by atoms with Crippen LogP contribution in [0, 0.1) is 0 Å². The molecule has 0 aliphatic carbocycles. The summed E-state index contributed by atoms with van der Waals surface area (Å²) in [5.74, 6) is 1.79. The number of hydrogen-bond donors (Lipinski definition) is 1. The second kappa shape index (κ2) is 7.40. The fraction of sp³-hybridized carbons (Fsp3) is 0.455. The van der Waals surface area contributed by atoms with Crippen molar-refractivity contribution in [1.82, 2.24) is 10.2 Å². The zero-order valence-electron chi connectivity index (χ0n) is 10.1. The van der Waals surface area contributed by atoms with Crippen molar-refractivity contribution in [2.24, 2.45) is 0 Å². The van der Waals surface area contributed by atoms with Crippen LogP contribution < -0.4 is 5.32 Å². The van der Waals surface area contributed by atoms with E-state index >= 15 is 0 Å². The van der Waals surface area contributed by atoms with Crippen LogP contribution >= 0.6 is 23.1 Å². The standard InChI is InChI=1S/C11H15N3O2S2/c1-2-15-6-7-17-11-14-13-10(18-11)12-8-9-4-3-5-16-9/h3-5H,2,6-8H2,1H3,(H,12,13). The zero-order chi connectivity index (χ0) is 12.6. The number of nitrogens with one attached hydrogen (secondary N) is 1. The summed E-state index contributed by atoms with van der Waals surface area (Å²) in [5.41, 5.74) is 0. The van der Waals surface area contributed by atoms with Gasteiger partial charge in [0.2, 0.25) is 5.13 Å². The van der Waals surface area contributed by atoms with Crippen LogP contribution in [0.15, 0.2) is 27.2 Å². The Kier molecular flexibility index (Phi) is 5.50. The van der Waals surface area contributed by atoms with E-state index in [9.17, 15) is 0 Å². The maximum absolute atomic E-state index is 5.27. The quantitative estimate of drug-likeness (QED) is 0.594. The second-order valence-corrected chi connectivity index (χ2v) is 5.67. The number of rotatable bonds is 8. The number of aromatic nitrogens is 2. The number of nitrogens with zero attached hydrogens (tertiary/aromatic N) is 2. The Morgan fingerprint density at radius 1 is 1.50 bits per heavy atom. The average molecular weight is 285 g/mol. The molecule has 0 unspecified atom stereocenters. The van der Waals surface area contributed by atoms with Gasteiger partial charge in [-0.05, 0) is 19.1 Å². The molecule has 5 nitrogen and oxygen atoms in total. The van der Waals surface area contributed by atoms with Crippen molar-refractivity contribution in [3.05, 3.63) is 24.2 Å². The summed E-state index contributed by atoms with van der Waals surface area (Å²) in [7, 11) is 0. The van der Waals surface area contributed by atoms with E-state index in [2.05, 4.69) is 15.5 Å². The summed E-state index contributed by atoms with van der Waals surface area (Å²) in [6.45, 7) is 4.13. The van der Waals surface area contributed by atoms with E-state index in [0.717, 1.165) is 34.2 Å². The molecule has 0 atom stereocenters. The van der Waals surface area contributed by atoms with Gasteiger partial charge in [-0.2, -0.15) is 0 Å². The molecule has 0 spiro atoms. The molecule has 2 rings (SSSR count). The first kappa shape index (κ1) is 13.4. The summed E-state index contributed by atoms with van der Waals surface area (Å²) in [4.78, 5) is 0. The Labute approximate surface area is 114 Å². The lowest BCUT2D eigenvalue weighted by Gasteiger charge is -1.98. The molecule has 1 N–H and O–H groups in total. The van der Waals surface area contributed by atoms with Crippen LogP contribution in [0.25, 0.3) is 0 Å². The van der Waals surface area contributed by atoms with Crippen LogP contribution in [-0.2, 0) is 11.3 Å². The van der Waals surface area contributed by atoms with Crippen LogP contribution in [0.1, 0.15) is 12.7 Å². The molecule has 0 aromatic carbocycles. The van der Waals surface area contributed by atoms with Gasteiger partial charge in [-0.3, -0.25) is 0 Å². The average Bonchev–Trinajstić information content (AvgIpc) is 3.03. The predicted molar refractivity (Wildman–Crippen MR) is 73.2 cm³/mol. The van der Waals surface area contributed by atoms with Gasteiger partial charge in [0.05, 0.1) is 19.4 Å². The van der Waals surface area contributed by atoms with E-state index in [-0.39, 0.29) is 0 Å². The van der Waals surface area contributed by atoms with E-state index in [1.807, 2.05) is 19.1 Å². The minimum absolute atomic E-state index is 0.630. The number of anilines is 1. The molecule has 2 aromatic rings. The molecule has 18 heavy (non-hydrogen) atoms. The Morgan fingerprint density at radius 3 is 3.22 bits per heavy atom. The summed E-state index contributed by atoms with van der Waals surface area (Å²) in [6, 6.07) is 3.79. The van der Waals surface area contributed by atoms with E-state index in [0.29, 0.717) is 6.54 Å². The minimum atomic E-state index is 0.630. The fourth-order valence-corrected chi connectivity index (χ4v) is 2.92. The van der Waals surface area contributed by atoms with E-state index in [4.69, 9.17) is 9.15 Å². The summed E-state index contributed by atoms with van der Waals surface area (Å²) < 4.78 is 11.4. The molecule has 0 radical (unpaired) electrons. The highest BCUT2D eigenvalue weighted by molar-refractivity contribution is 8.01. The fourth-order valence-electron chi connectivity index (χ4n) is 1.25. The molecular weight excluding hydrogens is 270 g/mol. The highest BCUT2D eigenvalue weighted by Gasteiger charge is 2.05. The van der Waals surface area contributed by atoms with Gasteiger partial charge < -0.3 is 14.5 Å². The van der Waals surface area contributed by atoms with Gasteiger partial charge in [0.1, 0.15) is 5.76 Å². The van der Waals surface area contributed by atoms with Crippen LogP contribution in [-0.4, -0.2) is 29.2 Å². The van der Waals surface area contributed by atoms with Gasteiger partial charge in [0.25, 0.3) is 0 Å². The number of furan rings is 1. The minimum Gasteiger partial charge on any atom is -0.467 e. The smallest absolute Gasteiger partial charge is 0.206 e. The van der Waals surface area contributed by atoms with Crippen molar-refractivity contribution in [3.8, 4) is 0 Å². The van der Waals surface area contributed by atoms with Gasteiger partial charge in [0.15, 0.2) is 4.34 Å². The third-order valence-electron chi connectivity index (χ3n) is 2.06. The largest absolute Gasteiger partial charge is 0.467 e. The molecule has 0 fully saturated rings. The number of hydrogen-bond acceptors (Lipinski definition) is 7. The number of ether oxygens (including phenoxy) is 1. The summed E-state index contributed by atoms with van der Waals surface area (Å²) >= 11 is 3.21. The first-order valence-corrected chi connectivity index (χ1v) is 7.49. The SMILES string of the molecule is CCOCCSc1nnc(NCc2ccco2)s1. The van der Waals surface area contributed by atoms with Gasteiger partial charge in [-0.15, -0.1) is 10.2 Å². The molecular formula is C11H15N3O2S2. The third-order valence-corrected chi connectivity index (χ3v) is 4.04. The lowest BCUT2D eigenvalue weighted by atomic mass is 10.4. The van der Waals surface area contributed by atoms with Crippen molar-refractivity contribution in [2.45, 2.75) is 17.8 Å². The van der Waals surface area contributed by atoms with E-state index in [1.54, 1.807) is 29.4 Å². The first-order valence-electron chi connectivity index (χ1n) is 5.68. The number of thioether (sulfide) groups is 1. The molecule has 0 bridgehead atoms. The highest BCUT2D eigenvalue weighted by Crippen LogP contribution is 2.25. The maximum Gasteiger partial charge on any atom is 0.206 e. The summed E-state index contributed by atoms with van der Waals surface area (Å²) in [5, 5.41) is 12.2. The Balaban J connectivity index is 1.72. The van der Waals surface area contributed by atoms with Gasteiger partial charge in [-0.25, -0.2) is 0 Å². The van der Waals surface area contributed by atoms with Gasteiger partial charge >= 0.3 is 0 Å². The van der Waals surface area contributed by atoms with Crippen LogP contribution in [0.3, 0.4) is 0 Å². The molecule has 0 amide bonds. The van der Waals surface area contributed by atoms with Gasteiger partial charge in [0, 0.05) is 12.4 Å². The Morgan fingerprint density at radius 2 is 2.44 bits per heavy atom. The topological polar surface area (TPSA) is 60.2 Å². The van der Waals surface area contributed by atoms with E-state index < -0.39 is 0 Å². The van der Waals surface area contributed by atoms with E-state index in [1.165, 1.54) is 0 Å². The molecule has 0 aliphatic rings. The van der Waals surface area contributed by atoms with Crippen molar-refractivity contribution in [2.75, 3.05) is 24.3 Å². The third kappa shape index (κ3) is 4.32. The van der Waals surface area contributed by atoms with Crippen LogP contribution in [0.2, 0.25) is 0 Å². The monoisotopic (exact) mass is 285 g/mol.